The van der Waals surface area contributed by atoms with Crippen LogP contribution in [0.3, 0.4) is 0 Å². The summed E-state index contributed by atoms with van der Waals surface area (Å²) < 4.78 is 0. The Balaban J connectivity index is 0. The van der Waals surface area contributed by atoms with Crippen LogP contribution < -0.4 is 5.11 Å². The second kappa shape index (κ2) is 9.27. The van der Waals surface area contributed by atoms with Crippen molar-refractivity contribution >= 4 is 5.97 Å². The fourth-order valence-corrected chi connectivity index (χ4v) is 0. The van der Waals surface area contributed by atoms with Gasteiger partial charge in [0.2, 0.25) is 0 Å². The molecule has 0 aromatic rings. The predicted octanol–water partition coefficient (Wildman–Crippen LogP) is -0.496. The van der Waals surface area contributed by atoms with Crippen molar-refractivity contribution in [2.75, 3.05) is 0 Å². The van der Waals surface area contributed by atoms with Crippen LogP contribution in [0.15, 0.2) is 12.7 Å². The fourth-order valence-electron chi connectivity index (χ4n) is 0. The van der Waals surface area contributed by atoms with Gasteiger partial charge in [-0.3, -0.25) is 0 Å². The minimum absolute atomic E-state index is 0.722. The second-order valence-electron chi connectivity index (χ2n) is 0.523. The molecular formula is C4H6O2Zn. The van der Waals surface area contributed by atoms with Gasteiger partial charge in [0.05, 0.1) is 5.97 Å². The van der Waals surface area contributed by atoms with E-state index in [1.54, 1.807) is 0 Å². The van der Waals surface area contributed by atoms with Crippen molar-refractivity contribution in [3.05, 3.63) is 12.7 Å². The van der Waals surface area contributed by atoms with Crippen molar-refractivity contribution in [3.8, 4) is 0 Å². The Morgan fingerprint density at radius 1 is 1.86 bits per heavy atom. The van der Waals surface area contributed by atoms with E-state index in [9.17, 15) is 0 Å². The molecule has 0 aliphatic rings. The molecule has 3 heteroatoms. The van der Waals surface area contributed by atoms with Gasteiger partial charge in [0, 0.05) is 0 Å². The molecule has 0 radical (unpaired) electrons. The first-order valence-electron chi connectivity index (χ1n) is 1.81. The van der Waals surface area contributed by atoms with Crippen LogP contribution in [0.1, 0.15) is 0 Å². The third kappa shape index (κ3) is 25.5. The number of carbonyl (C=O) groups is 1. The molecular weight excluding hydrogens is 145 g/mol. The number of carboxylic acids is 1. The average molecular weight is 151 g/mol. The molecule has 0 aromatic carbocycles. The molecule has 0 N–H and O–H groups in total. The molecule has 7 heavy (non-hydrogen) atoms. The topological polar surface area (TPSA) is 40.1 Å². The molecule has 0 atom stereocenters. The summed E-state index contributed by atoms with van der Waals surface area (Å²) in [5.41, 5.74) is 2.12. The monoisotopic (exact) mass is 150 g/mol. The molecule has 0 aliphatic carbocycles. The van der Waals surface area contributed by atoms with Gasteiger partial charge in [0.1, 0.15) is 0 Å². The van der Waals surface area contributed by atoms with E-state index in [1.165, 1.54) is 18.3 Å². The maximum absolute atomic E-state index is 9.14. The van der Waals surface area contributed by atoms with E-state index in [4.69, 9.17) is 9.90 Å². The Bertz CT molecular complexity index is 60.7. The first-order chi connectivity index (χ1) is 3.27. The Morgan fingerprint density at radius 3 is 2.00 bits per heavy atom. The van der Waals surface area contributed by atoms with Crippen LogP contribution in [-0.2, 0) is 23.1 Å². The van der Waals surface area contributed by atoms with E-state index in [0.29, 0.717) is 0 Å². The van der Waals surface area contributed by atoms with Gasteiger partial charge in [-0.05, 0) is 6.08 Å². The van der Waals surface area contributed by atoms with E-state index in [1.807, 2.05) is 0 Å². The summed E-state index contributed by atoms with van der Waals surface area (Å²) in [6.07, 6.45) is 0.722. The molecule has 0 spiro atoms. The zero-order valence-electron chi connectivity index (χ0n) is 4.31. The SMILES string of the molecule is C=CC(=O)[O-].[CH3][Zn+]. The normalized spacial score (nSPS) is 5.57. The Kier molecular flexibility index (Phi) is 13.2. The molecule has 0 bridgehead atoms. The van der Waals surface area contributed by atoms with Gasteiger partial charge in [0.15, 0.2) is 0 Å². The molecule has 0 unspecified atom stereocenters. The number of hydrogen-bond donors (Lipinski definition) is 0. The standard InChI is InChI=1S/C3H4O2.CH3.Zn/c1-2-3(4)5;;/h2H,1H2,(H,4,5);1H3;/q;;+1/p-1. The van der Waals surface area contributed by atoms with Gasteiger partial charge < -0.3 is 9.90 Å². The summed E-state index contributed by atoms with van der Waals surface area (Å²) in [7, 11) is 0. The van der Waals surface area contributed by atoms with Crippen molar-refractivity contribution in [3.63, 3.8) is 0 Å². The van der Waals surface area contributed by atoms with Crippen LogP contribution in [0.5, 0.6) is 0 Å². The van der Waals surface area contributed by atoms with Gasteiger partial charge >= 0.3 is 23.8 Å². The van der Waals surface area contributed by atoms with E-state index >= 15 is 0 Å². The fraction of sp³-hybridized carbons (Fsp3) is 0.250. The van der Waals surface area contributed by atoms with E-state index in [-0.39, 0.29) is 0 Å². The van der Waals surface area contributed by atoms with Gasteiger partial charge in [-0.25, -0.2) is 0 Å². The first kappa shape index (κ1) is 9.95. The van der Waals surface area contributed by atoms with Crippen LogP contribution in [0.4, 0.5) is 0 Å². The molecule has 0 fully saturated rings. The number of carboxylic acid groups (broad SMARTS) is 1. The Hall–Kier alpha value is -0.167. The van der Waals surface area contributed by atoms with Crippen molar-refractivity contribution in [2.45, 2.75) is 5.52 Å². The minimum atomic E-state index is -1.23. The number of aliphatic carboxylic acids is 1. The Morgan fingerprint density at radius 2 is 2.00 bits per heavy atom. The van der Waals surface area contributed by atoms with Crippen LogP contribution in [-0.4, -0.2) is 5.97 Å². The van der Waals surface area contributed by atoms with Crippen LogP contribution in [0, 0.1) is 0 Å². The molecule has 0 saturated heterocycles. The van der Waals surface area contributed by atoms with E-state index < -0.39 is 5.97 Å². The number of hydrogen-bond acceptors (Lipinski definition) is 2. The van der Waals surface area contributed by atoms with Gasteiger partial charge in [-0.1, -0.05) is 6.58 Å². The molecule has 0 aliphatic heterocycles. The summed E-state index contributed by atoms with van der Waals surface area (Å²) in [6.45, 7) is 2.90. The molecule has 0 saturated carbocycles. The first-order valence-corrected chi connectivity index (χ1v) is 4.78. The van der Waals surface area contributed by atoms with Crippen molar-refractivity contribution < 1.29 is 28.2 Å². The summed E-state index contributed by atoms with van der Waals surface area (Å²) in [5.74, 6) is -1.23. The quantitative estimate of drug-likeness (QED) is 0.375. The average Bonchev–Trinajstić information content (AvgIpc) is 1.73. The van der Waals surface area contributed by atoms with Crippen molar-refractivity contribution in [2.24, 2.45) is 0 Å². The van der Waals surface area contributed by atoms with Crippen LogP contribution >= 0.6 is 0 Å². The third-order valence-corrected chi connectivity index (χ3v) is 0.167. The van der Waals surface area contributed by atoms with Gasteiger partial charge in [-0.2, -0.15) is 0 Å². The molecule has 36 valence electrons. The molecule has 2 nitrogen and oxygen atoms in total. The van der Waals surface area contributed by atoms with Crippen LogP contribution in [0.25, 0.3) is 0 Å². The van der Waals surface area contributed by atoms with Crippen LogP contribution in [0.2, 0.25) is 5.52 Å². The molecule has 0 rings (SSSR count). The predicted molar refractivity (Wildman–Crippen MR) is 21.1 cm³/mol. The second-order valence-corrected chi connectivity index (χ2v) is 0.523. The van der Waals surface area contributed by atoms with Gasteiger partial charge in [-0.15, -0.1) is 0 Å². The van der Waals surface area contributed by atoms with E-state index in [0.717, 1.165) is 6.08 Å². The number of rotatable bonds is 1. The van der Waals surface area contributed by atoms with E-state index in [2.05, 4.69) is 12.1 Å². The third-order valence-electron chi connectivity index (χ3n) is 0.167. The maximum atomic E-state index is 9.14. The van der Waals surface area contributed by atoms with Crippen molar-refractivity contribution in [1.29, 1.82) is 0 Å². The zero-order valence-corrected chi connectivity index (χ0v) is 7.28. The van der Waals surface area contributed by atoms with Gasteiger partial charge in [0.25, 0.3) is 0 Å². The molecule has 0 heterocycles. The summed E-state index contributed by atoms with van der Waals surface area (Å²) >= 11 is 1.38. The molecule has 0 amide bonds. The summed E-state index contributed by atoms with van der Waals surface area (Å²) in [6, 6.07) is 0. The molecule has 0 aromatic heterocycles. The Labute approximate surface area is 52.9 Å². The summed E-state index contributed by atoms with van der Waals surface area (Å²) in [4.78, 5) is 9.14. The van der Waals surface area contributed by atoms with Crippen molar-refractivity contribution in [1.82, 2.24) is 0 Å². The summed E-state index contributed by atoms with van der Waals surface area (Å²) in [5, 5.41) is 9.14. The number of carbonyl (C=O) groups excluding carboxylic acids is 1. The zero-order chi connectivity index (χ0) is 6.28.